The fourth-order valence-corrected chi connectivity index (χ4v) is 4.08. The standard InChI is InChI=1S/C18H21N3O6S/c22-15-5-4-13(10-16(15)23)20-18(24)12-6-7-19-17(9-12)21-28(25,26)11-14-3-1-2-8-27-14/h4-7,9-10,14,22-23H,1-3,8,11H2,(H,19,21)(H,20,24). The zero-order valence-electron chi connectivity index (χ0n) is 15.0. The van der Waals surface area contributed by atoms with Crippen LogP contribution in [0.5, 0.6) is 11.5 Å². The smallest absolute Gasteiger partial charge is 0.255 e. The topological polar surface area (TPSA) is 138 Å². The highest BCUT2D eigenvalue weighted by Gasteiger charge is 2.22. The molecule has 1 aliphatic rings. The van der Waals surface area contributed by atoms with Crippen LogP contribution in [0.2, 0.25) is 0 Å². The molecule has 1 aromatic heterocycles. The molecule has 2 heterocycles. The molecular weight excluding hydrogens is 386 g/mol. The Bertz CT molecular complexity index is 958. The molecule has 1 amide bonds. The van der Waals surface area contributed by atoms with Gasteiger partial charge in [0.1, 0.15) is 5.82 Å². The molecule has 10 heteroatoms. The van der Waals surface area contributed by atoms with Crippen LogP contribution in [0.3, 0.4) is 0 Å². The molecule has 1 saturated heterocycles. The van der Waals surface area contributed by atoms with E-state index in [9.17, 15) is 23.4 Å². The number of rotatable bonds is 6. The third-order valence-corrected chi connectivity index (χ3v) is 5.53. The number of nitrogens with zero attached hydrogens (tertiary/aromatic N) is 1. The Morgan fingerprint density at radius 2 is 2.00 bits per heavy atom. The van der Waals surface area contributed by atoms with Crippen LogP contribution in [-0.4, -0.2) is 48.0 Å². The fraction of sp³-hybridized carbons (Fsp3) is 0.333. The summed E-state index contributed by atoms with van der Waals surface area (Å²) in [6.07, 6.45) is 3.52. The van der Waals surface area contributed by atoms with E-state index in [1.54, 1.807) is 0 Å². The second-order valence-corrected chi connectivity index (χ2v) is 8.23. The monoisotopic (exact) mass is 407 g/mol. The van der Waals surface area contributed by atoms with Crippen molar-refractivity contribution in [2.75, 3.05) is 22.4 Å². The van der Waals surface area contributed by atoms with Crippen molar-refractivity contribution in [2.45, 2.75) is 25.4 Å². The minimum absolute atomic E-state index is 0.0250. The van der Waals surface area contributed by atoms with Crippen molar-refractivity contribution >= 4 is 27.4 Å². The number of aromatic nitrogens is 1. The van der Waals surface area contributed by atoms with Gasteiger partial charge < -0.3 is 20.3 Å². The number of carbonyl (C=O) groups is 1. The highest BCUT2D eigenvalue weighted by atomic mass is 32.2. The molecule has 28 heavy (non-hydrogen) atoms. The molecule has 0 aliphatic carbocycles. The first-order valence-corrected chi connectivity index (χ1v) is 10.4. The first kappa shape index (κ1) is 19.9. The molecule has 150 valence electrons. The number of sulfonamides is 1. The minimum Gasteiger partial charge on any atom is -0.504 e. The van der Waals surface area contributed by atoms with E-state index in [2.05, 4.69) is 15.0 Å². The molecule has 0 saturated carbocycles. The van der Waals surface area contributed by atoms with Crippen LogP contribution in [0.1, 0.15) is 29.6 Å². The van der Waals surface area contributed by atoms with Gasteiger partial charge >= 0.3 is 0 Å². The van der Waals surface area contributed by atoms with Gasteiger partial charge in [0.05, 0.1) is 11.9 Å². The Morgan fingerprint density at radius 1 is 1.18 bits per heavy atom. The molecule has 1 unspecified atom stereocenters. The van der Waals surface area contributed by atoms with E-state index in [0.29, 0.717) is 13.0 Å². The number of hydrogen-bond donors (Lipinski definition) is 4. The lowest BCUT2D eigenvalue weighted by Gasteiger charge is -2.22. The predicted molar refractivity (Wildman–Crippen MR) is 103 cm³/mol. The molecular formula is C18H21N3O6S. The summed E-state index contributed by atoms with van der Waals surface area (Å²) in [5.41, 5.74) is 0.447. The number of pyridine rings is 1. The van der Waals surface area contributed by atoms with Crippen molar-refractivity contribution < 1.29 is 28.2 Å². The third-order valence-electron chi connectivity index (χ3n) is 4.19. The molecule has 3 rings (SSSR count). The number of carbonyl (C=O) groups excluding carboxylic acids is 1. The summed E-state index contributed by atoms with van der Waals surface area (Å²) < 4.78 is 32.5. The summed E-state index contributed by atoms with van der Waals surface area (Å²) in [7, 11) is -3.68. The van der Waals surface area contributed by atoms with Crippen LogP contribution in [0.15, 0.2) is 36.5 Å². The second kappa shape index (κ2) is 8.44. The maximum absolute atomic E-state index is 12.4. The number of benzene rings is 1. The van der Waals surface area contributed by atoms with Crippen LogP contribution in [-0.2, 0) is 14.8 Å². The van der Waals surface area contributed by atoms with Crippen LogP contribution in [0, 0.1) is 0 Å². The first-order valence-electron chi connectivity index (χ1n) is 8.74. The van der Waals surface area contributed by atoms with Crippen molar-refractivity contribution in [3.63, 3.8) is 0 Å². The van der Waals surface area contributed by atoms with Gasteiger partial charge in [-0.05, 0) is 43.5 Å². The summed E-state index contributed by atoms with van der Waals surface area (Å²) in [6.45, 7) is 0.556. The zero-order chi connectivity index (χ0) is 20.1. The van der Waals surface area contributed by atoms with Crippen molar-refractivity contribution in [3.05, 3.63) is 42.1 Å². The quantitative estimate of drug-likeness (QED) is 0.425. The highest BCUT2D eigenvalue weighted by molar-refractivity contribution is 7.92. The van der Waals surface area contributed by atoms with Crippen LogP contribution in [0.4, 0.5) is 11.5 Å². The van der Waals surface area contributed by atoms with Crippen molar-refractivity contribution in [2.24, 2.45) is 0 Å². The lowest BCUT2D eigenvalue weighted by molar-refractivity contribution is 0.0306. The minimum atomic E-state index is -3.68. The van der Waals surface area contributed by atoms with Gasteiger partial charge in [-0.2, -0.15) is 0 Å². The number of hydrogen-bond acceptors (Lipinski definition) is 7. The van der Waals surface area contributed by atoms with E-state index in [4.69, 9.17) is 4.74 Å². The molecule has 4 N–H and O–H groups in total. The van der Waals surface area contributed by atoms with Gasteiger partial charge in [0.25, 0.3) is 5.91 Å². The number of aromatic hydroxyl groups is 2. The molecule has 0 bridgehead atoms. The lowest BCUT2D eigenvalue weighted by atomic mass is 10.1. The largest absolute Gasteiger partial charge is 0.504 e. The Kier molecular flexibility index (Phi) is 6.00. The van der Waals surface area contributed by atoms with Crippen molar-refractivity contribution in [1.82, 2.24) is 4.98 Å². The van der Waals surface area contributed by atoms with Gasteiger partial charge in [-0.15, -0.1) is 0 Å². The maximum atomic E-state index is 12.4. The Balaban J connectivity index is 1.67. The van der Waals surface area contributed by atoms with Crippen molar-refractivity contribution in [1.29, 1.82) is 0 Å². The molecule has 1 aliphatic heterocycles. The summed E-state index contributed by atoms with van der Waals surface area (Å²) in [5.74, 6) is -1.34. The molecule has 1 fully saturated rings. The fourth-order valence-electron chi connectivity index (χ4n) is 2.82. The normalized spacial score (nSPS) is 17.1. The molecule has 2 aromatic rings. The number of phenolic OH excluding ortho intramolecular Hbond substituents is 2. The van der Waals surface area contributed by atoms with E-state index in [1.807, 2.05) is 0 Å². The average Bonchev–Trinajstić information content (AvgIpc) is 2.65. The van der Waals surface area contributed by atoms with E-state index in [0.717, 1.165) is 12.8 Å². The van der Waals surface area contributed by atoms with E-state index in [-0.39, 0.29) is 40.4 Å². The molecule has 1 aromatic carbocycles. The van der Waals surface area contributed by atoms with E-state index >= 15 is 0 Å². The Labute approximate surface area is 162 Å². The summed E-state index contributed by atoms with van der Waals surface area (Å²) in [5, 5.41) is 21.4. The molecule has 9 nitrogen and oxygen atoms in total. The van der Waals surface area contributed by atoms with Gasteiger partial charge in [0, 0.05) is 30.1 Å². The molecule has 0 radical (unpaired) electrons. The van der Waals surface area contributed by atoms with Gasteiger partial charge in [0.15, 0.2) is 11.5 Å². The highest BCUT2D eigenvalue weighted by Crippen LogP contribution is 2.27. The maximum Gasteiger partial charge on any atom is 0.255 e. The Hall–Kier alpha value is -2.85. The third kappa shape index (κ3) is 5.33. The number of nitrogens with one attached hydrogen (secondary N) is 2. The van der Waals surface area contributed by atoms with Gasteiger partial charge in [-0.25, -0.2) is 13.4 Å². The number of amides is 1. The Morgan fingerprint density at radius 3 is 2.71 bits per heavy atom. The van der Waals surface area contributed by atoms with Gasteiger partial charge in [-0.3, -0.25) is 9.52 Å². The summed E-state index contributed by atoms with van der Waals surface area (Å²) in [6, 6.07) is 6.60. The number of anilines is 2. The van der Waals surface area contributed by atoms with Crippen LogP contribution in [0.25, 0.3) is 0 Å². The van der Waals surface area contributed by atoms with Crippen LogP contribution >= 0.6 is 0 Å². The van der Waals surface area contributed by atoms with E-state index < -0.39 is 15.9 Å². The molecule has 1 atom stereocenters. The summed E-state index contributed by atoms with van der Waals surface area (Å²) >= 11 is 0. The first-order chi connectivity index (χ1) is 13.3. The number of ether oxygens (including phenoxy) is 1. The van der Waals surface area contributed by atoms with E-state index in [1.165, 1.54) is 36.5 Å². The lowest BCUT2D eigenvalue weighted by Crippen LogP contribution is -2.31. The second-order valence-electron chi connectivity index (χ2n) is 6.46. The van der Waals surface area contributed by atoms with Crippen molar-refractivity contribution in [3.8, 4) is 11.5 Å². The average molecular weight is 407 g/mol. The SMILES string of the molecule is O=C(Nc1ccc(O)c(O)c1)c1ccnc(NS(=O)(=O)CC2CCCCO2)c1. The van der Waals surface area contributed by atoms with Gasteiger partial charge in [-0.1, -0.05) is 0 Å². The molecule has 0 spiro atoms. The van der Waals surface area contributed by atoms with Gasteiger partial charge in [0.2, 0.25) is 10.0 Å². The zero-order valence-corrected chi connectivity index (χ0v) is 15.8. The summed E-state index contributed by atoms with van der Waals surface area (Å²) in [4.78, 5) is 16.3. The van der Waals surface area contributed by atoms with Crippen LogP contribution < -0.4 is 10.0 Å². The number of phenols is 2. The predicted octanol–water partition coefficient (Wildman–Crippen LogP) is 2.06.